The Labute approximate surface area is 147 Å². The smallest absolute Gasteiger partial charge is 0.339 e. The summed E-state index contributed by atoms with van der Waals surface area (Å²) in [6.07, 6.45) is 0.754. The van der Waals surface area contributed by atoms with Crippen LogP contribution in [0.25, 0.3) is 0 Å². The standard InChI is InChI=1S/C18H26N2O5/c1-12-13(8-7-9-14(12)20(23)24)16(22)25-10-15(21)19-18(5,6)11-17(2,3)4/h7-9H,10-11H2,1-6H3,(H,19,21). The van der Waals surface area contributed by atoms with E-state index in [1.165, 1.54) is 25.1 Å². The van der Waals surface area contributed by atoms with Gasteiger partial charge in [-0.25, -0.2) is 4.79 Å². The van der Waals surface area contributed by atoms with Gasteiger partial charge in [0.25, 0.3) is 11.6 Å². The molecule has 1 aromatic carbocycles. The minimum Gasteiger partial charge on any atom is -0.452 e. The van der Waals surface area contributed by atoms with Crippen molar-refractivity contribution in [2.24, 2.45) is 5.41 Å². The molecule has 7 heteroatoms. The Hall–Kier alpha value is -2.44. The number of amides is 1. The van der Waals surface area contributed by atoms with Crippen molar-refractivity contribution in [3.63, 3.8) is 0 Å². The molecule has 0 aromatic heterocycles. The number of esters is 1. The lowest BCUT2D eigenvalue weighted by molar-refractivity contribution is -0.385. The Morgan fingerprint density at radius 1 is 1.20 bits per heavy atom. The summed E-state index contributed by atoms with van der Waals surface area (Å²) in [5.74, 6) is -1.17. The molecule has 7 nitrogen and oxygen atoms in total. The molecule has 0 spiro atoms. The van der Waals surface area contributed by atoms with Gasteiger partial charge in [0.15, 0.2) is 6.61 Å². The van der Waals surface area contributed by atoms with Gasteiger partial charge in [0.2, 0.25) is 0 Å². The second-order valence-electron chi connectivity index (χ2n) is 7.95. The fourth-order valence-corrected chi connectivity index (χ4v) is 3.03. The maximum atomic E-state index is 12.1. The third-order valence-electron chi connectivity index (χ3n) is 3.51. The van der Waals surface area contributed by atoms with E-state index >= 15 is 0 Å². The van der Waals surface area contributed by atoms with Crippen molar-refractivity contribution >= 4 is 17.6 Å². The zero-order chi connectivity index (χ0) is 19.4. The van der Waals surface area contributed by atoms with E-state index in [0.717, 1.165) is 6.42 Å². The summed E-state index contributed by atoms with van der Waals surface area (Å²) < 4.78 is 5.01. The molecule has 1 amide bonds. The van der Waals surface area contributed by atoms with Gasteiger partial charge in [0.05, 0.1) is 10.5 Å². The van der Waals surface area contributed by atoms with E-state index in [9.17, 15) is 19.7 Å². The van der Waals surface area contributed by atoms with Crippen molar-refractivity contribution in [1.82, 2.24) is 5.32 Å². The molecule has 0 aliphatic carbocycles. The number of nitrogens with zero attached hydrogens (tertiary/aromatic N) is 1. The molecule has 0 radical (unpaired) electrons. The molecule has 25 heavy (non-hydrogen) atoms. The Morgan fingerprint density at radius 3 is 2.32 bits per heavy atom. The van der Waals surface area contributed by atoms with Gasteiger partial charge in [0.1, 0.15) is 0 Å². The molecular weight excluding hydrogens is 324 g/mol. The molecule has 1 N–H and O–H groups in total. The van der Waals surface area contributed by atoms with Crippen LogP contribution in [0.5, 0.6) is 0 Å². The summed E-state index contributed by atoms with van der Waals surface area (Å²) in [6, 6.07) is 4.16. The number of ether oxygens (including phenoxy) is 1. The van der Waals surface area contributed by atoms with E-state index in [4.69, 9.17) is 4.74 Å². The zero-order valence-electron chi connectivity index (χ0n) is 15.6. The van der Waals surface area contributed by atoms with Gasteiger partial charge in [-0.1, -0.05) is 26.8 Å². The molecule has 0 atom stereocenters. The first-order chi connectivity index (χ1) is 11.3. The molecule has 0 heterocycles. The third kappa shape index (κ3) is 6.52. The van der Waals surface area contributed by atoms with Gasteiger partial charge >= 0.3 is 5.97 Å². The highest BCUT2D eigenvalue weighted by molar-refractivity contribution is 5.93. The fourth-order valence-electron chi connectivity index (χ4n) is 3.03. The molecule has 0 aliphatic rings. The number of nitro groups is 1. The fraction of sp³-hybridized carbons (Fsp3) is 0.556. The van der Waals surface area contributed by atoms with E-state index in [0.29, 0.717) is 0 Å². The lowest BCUT2D eigenvalue weighted by Gasteiger charge is -2.33. The summed E-state index contributed by atoms with van der Waals surface area (Å²) in [5, 5.41) is 13.8. The molecule has 0 aliphatic heterocycles. The third-order valence-corrected chi connectivity index (χ3v) is 3.51. The summed E-state index contributed by atoms with van der Waals surface area (Å²) in [5.41, 5.74) is -0.274. The van der Waals surface area contributed by atoms with Crippen LogP contribution in [0, 0.1) is 22.5 Å². The molecule has 1 aromatic rings. The molecule has 0 bridgehead atoms. The van der Waals surface area contributed by atoms with Crippen molar-refractivity contribution in [2.75, 3.05) is 6.61 Å². The monoisotopic (exact) mass is 350 g/mol. The van der Waals surface area contributed by atoms with Gasteiger partial charge in [-0.05, 0) is 38.7 Å². The van der Waals surface area contributed by atoms with E-state index < -0.39 is 28.9 Å². The van der Waals surface area contributed by atoms with Crippen molar-refractivity contribution < 1.29 is 19.2 Å². The maximum absolute atomic E-state index is 12.1. The van der Waals surface area contributed by atoms with Gasteiger partial charge in [-0.15, -0.1) is 0 Å². The van der Waals surface area contributed by atoms with Crippen LogP contribution in [0.2, 0.25) is 0 Å². The van der Waals surface area contributed by atoms with E-state index in [1.807, 2.05) is 13.8 Å². The Bertz CT molecular complexity index is 675. The van der Waals surface area contributed by atoms with E-state index in [-0.39, 0.29) is 22.2 Å². The number of hydrogen-bond donors (Lipinski definition) is 1. The maximum Gasteiger partial charge on any atom is 0.339 e. The summed E-state index contributed by atoms with van der Waals surface area (Å²) in [6.45, 7) is 11.1. The summed E-state index contributed by atoms with van der Waals surface area (Å²) >= 11 is 0. The molecule has 1 rings (SSSR count). The minimum absolute atomic E-state index is 0.0353. The molecular formula is C18H26N2O5. The van der Waals surface area contributed by atoms with Crippen LogP contribution in [0.15, 0.2) is 18.2 Å². The number of rotatable bonds is 6. The molecule has 0 unspecified atom stereocenters. The lowest BCUT2D eigenvalue weighted by atomic mass is 9.82. The molecule has 0 fully saturated rings. The number of carbonyl (C=O) groups is 2. The van der Waals surface area contributed by atoms with Gasteiger partial charge in [0, 0.05) is 17.2 Å². The van der Waals surface area contributed by atoms with Crippen molar-refractivity contribution in [3.8, 4) is 0 Å². The van der Waals surface area contributed by atoms with Crippen LogP contribution in [-0.2, 0) is 9.53 Å². The highest BCUT2D eigenvalue weighted by atomic mass is 16.6. The van der Waals surface area contributed by atoms with Crippen LogP contribution in [-0.4, -0.2) is 28.9 Å². The second-order valence-corrected chi connectivity index (χ2v) is 7.95. The highest BCUT2D eigenvalue weighted by Crippen LogP contribution is 2.26. The van der Waals surface area contributed by atoms with Crippen molar-refractivity contribution in [3.05, 3.63) is 39.4 Å². The van der Waals surface area contributed by atoms with Crippen LogP contribution in [0.1, 0.15) is 57.0 Å². The minimum atomic E-state index is -0.759. The van der Waals surface area contributed by atoms with Crippen molar-refractivity contribution in [1.29, 1.82) is 0 Å². The Kier molecular flexibility index (Phi) is 6.29. The van der Waals surface area contributed by atoms with Crippen LogP contribution < -0.4 is 5.32 Å². The molecule has 0 saturated heterocycles. The average Bonchev–Trinajstić information content (AvgIpc) is 2.41. The van der Waals surface area contributed by atoms with Crippen LogP contribution in [0.3, 0.4) is 0 Å². The van der Waals surface area contributed by atoms with Gasteiger partial charge in [-0.3, -0.25) is 14.9 Å². The Morgan fingerprint density at radius 2 is 1.80 bits per heavy atom. The summed E-state index contributed by atoms with van der Waals surface area (Å²) in [7, 11) is 0. The quantitative estimate of drug-likeness (QED) is 0.482. The average molecular weight is 350 g/mol. The summed E-state index contributed by atoms with van der Waals surface area (Å²) in [4.78, 5) is 34.5. The molecule has 0 saturated carbocycles. The zero-order valence-corrected chi connectivity index (χ0v) is 15.6. The number of benzene rings is 1. The van der Waals surface area contributed by atoms with Crippen molar-refractivity contribution in [2.45, 2.75) is 53.5 Å². The molecule has 138 valence electrons. The first-order valence-corrected chi connectivity index (χ1v) is 8.04. The number of nitrogens with one attached hydrogen (secondary N) is 1. The topological polar surface area (TPSA) is 98.5 Å². The second kappa shape index (κ2) is 7.63. The SMILES string of the molecule is Cc1c(C(=O)OCC(=O)NC(C)(C)CC(C)(C)C)cccc1[N+](=O)[O-]. The van der Waals surface area contributed by atoms with Gasteiger partial charge < -0.3 is 10.1 Å². The predicted octanol–water partition coefficient (Wildman–Crippen LogP) is 3.39. The van der Waals surface area contributed by atoms with Crippen LogP contribution in [0.4, 0.5) is 5.69 Å². The van der Waals surface area contributed by atoms with Gasteiger partial charge in [-0.2, -0.15) is 0 Å². The first-order valence-electron chi connectivity index (χ1n) is 8.04. The normalized spacial score (nSPS) is 11.8. The number of nitro benzene ring substituents is 1. The lowest BCUT2D eigenvalue weighted by Crippen LogP contribution is -2.47. The van der Waals surface area contributed by atoms with E-state index in [2.05, 4.69) is 26.1 Å². The first kappa shape index (κ1) is 20.6. The van der Waals surface area contributed by atoms with Crippen LogP contribution >= 0.6 is 0 Å². The predicted molar refractivity (Wildman–Crippen MR) is 94.4 cm³/mol. The Balaban J connectivity index is 2.70. The number of carbonyl (C=O) groups excluding carboxylic acids is 2. The number of hydrogen-bond acceptors (Lipinski definition) is 5. The highest BCUT2D eigenvalue weighted by Gasteiger charge is 2.27. The largest absolute Gasteiger partial charge is 0.452 e. The van der Waals surface area contributed by atoms with E-state index in [1.54, 1.807) is 0 Å².